The lowest BCUT2D eigenvalue weighted by atomic mass is 9.99. The molecule has 0 aliphatic carbocycles. The van der Waals surface area contributed by atoms with Crippen molar-refractivity contribution in [1.82, 2.24) is 13.9 Å². The van der Waals surface area contributed by atoms with Crippen LogP contribution in [0.5, 0.6) is 0 Å². The van der Waals surface area contributed by atoms with Crippen LogP contribution in [-0.4, -0.2) is 27.5 Å². The van der Waals surface area contributed by atoms with Crippen molar-refractivity contribution in [3.05, 3.63) is 126 Å². The molecule has 0 aliphatic heterocycles. The van der Waals surface area contributed by atoms with Crippen LogP contribution in [0.25, 0.3) is 10.9 Å². The fourth-order valence-electron chi connectivity index (χ4n) is 4.29. The monoisotopic (exact) mass is 469 g/mol. The average Bonchev–Trinajstić information content (AvgIpc) is 3.23. The van der Waals surface area contributed by atoms with Crippen molar-refractivity contribution in [2.45, 2.75) is 23.8 Å². The highest BCUT2D eigenvalue weighted by atomic mass is 32.2. The number of hydrogen-bond acceptors (Lipinski definition) is 5. The van der Waals surface area contributed by atoms with E-state index >= 15 is 0 Å². The maximum Gasteiger partial charge on any atom is 0.268 e. The molecule has 3 heterocycles. The number of aliphatic hydroxyl groups excluding tert-OH is 1. The second kappa shape index (κ2) is 9.21. The lowest BCUT2D eigenvalue weighted by Gasteiger charge is -2.18. The minimum Gasteiger partial charge on any atom is -0.382 e. The second-order valence-corrected chi connectivity index (χ2v) is 9.76. The molecular weight excluding hydrogens is 446 g/mol. The molecule has 1 unspecified atom stereocenters. The first-order chi connectivity index (χ1) is 16.6. The number of nitrogens with zero attached hydrogens (tertiary/aromatic N) is 3. The minimum absolute atomic E-state index is 0.159. The van der Waals surface area contributed by atoms with Gasteiger partial charge in [-0.1, -0.05) is 48.5 Å². The van der Waals surface area contributed by atoms with Crippen LogP contribution in [0.4, 0.5) is 0 Å². The molecule has 1 N–H and O–H groups in total. The van der Waals surface area contributed by atoms with E-state index in [0.29, 0.717) is 29.6 Å². The van der Waals surface area contributed by atoms with Crippen molar-refractivity contribution >= 4 is 20.9 Å². The standard InChI is InChI=1S/C27H23N3O3S/c31-27(20-9-8-17-28-19-20)26-24(16-15-21-10-6-7-18-29-21)23-13-4-5-14-25(23)30(26)34(32,33)22-11-2-1-3-12-22/h1-14,17-19,27,31H,15-16H2. The molecule has 3 aromatic heterocycles. The SMILES string of the molecule is O=S(=O)(c1ccccc1)n1c(C(O)c2cccnc2)c(CCc2ccccn2)c2ccccc21. The predicted molar refractivity (Wildman–Crippen MR) is 131 cm³/mol. The van der Waals surface area contributed by atoms with Crippen molar-refractivity contribution in [1.29, 1.82) is 0 Å². The first-order valence-corrected chi connectivity index (χ1v) is 12.4. The van der Waals surface area contributed by atoms with Crippen LogP contribution >= 0.6 is 0 Å². The zero-order valence-corrected chi connectivity index (χ0v) is 19.1. The van der Waals surface area contributed by atoms with Gasteiger partial charge in [0.25, 0.3) is 10.0 Å². The topological polar surface area (TPSA) is 85.1 Å². The maximum atomic E-state index is 13.9. The Hall–Kier alpha value is -3.81. The highest BCUT2D eigenvalue weighted by Gasteiger charge is 2.31. The third kappa shape index (κ3) is 4.00. The molecule has 1 atom stereocenters. The van der Waals surface area contributed by atoms with E-state index in [1.165, 1.54) is 3.97 Å². The number of benzene rings is 2. The van der Waals surface area contributed by atoms with Gasteiger partial charge in [-0.05, 0) is 54.8 Å². The molecule has 0 aliphatic rings. The number of pyridine rings is 2. The number of rotatable bonds is 7. The van der Waals surface area contributed by atoms with E-state index in [9.17, 15) is 13.5 Å². The summed E-state index contributed by atoms with van der Waals surface area (Å²) >= 11 is 0. The summed E-state index contributed by atoms with van der Waals surface area (Å²) < 4.78 is 29.1. The first-order valence-electron chi connectivity index (χ1n) is 11.0. The van der Waals surface area contributed by atoms with E-state index in [1.807, 2.05) is 36.4 Å². The van der Waals surface area contributed by atoms with Gasteiger partial charge in [0.1, 0.15) is 6.10 Å². The lowest BCUT2D eigenvalue weighted by molar-refractivity contribution is 0.213. The first kappa shape index (κ1) is 22.0. The van der Waals surface area contributed by atoms with Gasteiger partial charge in [-0.2, -0.15) is 0 Å². The Morgan fingerprint density at radius 1 is 0.824 bits per heavy atom. The zero-order chi connectivity index (χ0) is 23.5. The number of fused-ring (bicyclic) bond motifs is 1. The summed E-state index contributed by atoms with van der Waals surface area (Å²) in [6.07, 6.45) is 4.86. The molecule has 7 heteroatoms. The largest absolute Gasteiger partial charge is 0.382 e. The lowest BCUT2D eigenvalue weighted by Crippen LogP contribution is -2.19. The highest BCUT2D eigenvalue weighted by Crippen LogP contribution is 2.37. The Morgan fingerprint density at radius 2 is 1.59 bits per heavy atom. The van der Waals surface area contributed by atoms with Gasteiger partial charge in [0, 0.05) is 35.2 Å². The molecule has 0 radical (unpaired) electrons. The number of aliphatic hydroxyl groups is 1. The van der Waals surface area contributed by atoms with E-state index in [2.05, 4.69) is 9.97 Å². The molecule has 0 bridgehead atoms. The Balaban J connectivity index is 1.76. The normalized spacial score (nSPS) is 12.6. The Bertz CT molecular complexity index is 1520. The van der Waals surface area contributed by atoms with Crippen molar-refractivity contribution in [3.63, 3.8) is 0 Å². The van der Waals surface area contributed by atoms with Crippen LogP contribution in [0.15, 0.2) is 108 Å². The Morgan fingerprint density at radius 3 is 2.32 bits per heavy atom. The summed E-state index contributed by atoms with van der Waals surface area (Å²) in [5.41, 5.74) is 3.05. The van der Waals surface area contributed by atoms with Crippen LogP contribution in [0.3, 0.4) is 0 Å². The van der Waals surface area contributed by atoms with Gasteiger partial charge in [-0.3, -0.25) is 9.97 Å². The van der Waals surface area contributed by atoms with Crippen molar-refractivity contribution in [2.24, 2.45) is 0 Å². The third-order valence-corrected chi connectivity index (χ3v) is 7.62. The van der Waals surface area contributed by atoms with Crippen molar-refractivity contribution in [2.75, 3.05) is 0 Å². The molecule has 0 spiro atoms. The van der Waals surface area contributed by atoms with Gasteiger partial charge in [-0.15, -0.1) is 0 Å². The van der Waals surface area contributed by atoms with Gasteiger partial charge < -0.3 is 5.11 Å². The van der Waals surface area contributed by atoms with Crippen LogP contribution in [0.2, 0.25) is 0 Å². The summed E-state index contributed by atoms with van der Waals surface area (Å²) in [6.45, 7) is 0. The third-order valence-electron chi connectivity index (χ3n) is 5.87. The summed E-state index contributed by atoms with van der Waals surface area (Å²) in [5.74, 6) is 0. The number of aryl methyl sites for hydroxylation is 2. The second-order valence-electron chi connectivity index (χ2n) is 7.97. The van der Waals surface area contributed by atoms with Crippen molar-refractivity contribution < 1.29 is 13.5 Å². The van der Waals surface area contributed by atoms with E-state index < -0.39 is 16.1 Å². The zero-order valence-electron chi connectivity index (χ0n) is 18.3. The molecular formula is C27H23N3O3S. The summed E-state index contributed by atoms with van der Waals surface area (Å²) in [7, 11) is -3.99. The van der Waals surface area contributed by atoms with E-state index in [-0.39, 0.29) is 4.90 Å². The molecule has 2 aromatic carbocycles. The molecule has 6 nitrogen and oxygen atoms in total. The van der Waals surface area contributed by atoms with Crippen LogP contribution in [0.1, 0.15) is 28.6 Å². The van der Waals surface area contributed by atoms with Crippen LogP contribution in [-0.2, 0) is 22.9 Å². The Labute approximate surface area is 198 Å². The van der Waals surface area contributed by atoms with Gasteiger partial charge in [0.05, 0.1) is 16.1 Å². The predicted octanol–water partition coefficient (Wildman–Crippen LogP) is 4.54. The smallest absolute Gasteiger partial charge is 0.268 e. The van der Waals surface area contributed by atoms with E-state index in [1.54, 1.807) is 67.1 Å². The molecule has 0 fully saturated rings. The summed E-state index contributed by atoms with van der Waals surface area (Å²) in [4.78, 5) is 8.70. The van der Waals surface area contributed by atoms with Crippen molar-refractivity contribution in [3.8, 4) is 0 Å². The molecule has 0 saturated carbocycles. The summed E-state index contributed by atoms with van der Waals surface area (Å²) in [5, 5.41) is 12.3. The fraction of sp³-hybridized carbons (Fsp3) is 0.111. The minimum atomic E-state index is -3.99. The highest BCUT2D eigenvalue weighted by molar-refractivity contribution is 7.90. The molecule has 5 aromatic rings. The Kier molecular flexibility index (Phi) is 5.96. The van der Waals surface area contributed by atoms with Crippen LogP contribution < -0.4 is 0 Å². The maximum absolute atomic E-state index is 13.9. The fourth-order valence-corrected chi connectivity index (χ4v) is 5.89. The van der Waals surface area contributed by atoms with Gasteiger partial charge in [0.15, 0.2) is 0 Å². The van der Waals surface area contributed by atoms with Crippen LogP contribution in [0, 0.1) is 0 Å². The number of aromatic nitrogens is 3. The molecule has 0 amide bonds. The molecule has 0 saturated heterocycles. The number of para-hydroxylation sites is 1. The van der Waals surface area contributed by atoms with Gasteiger partial charge >= 0.3 is 0 Å². The summed E-state index contributed by atoms with van der Waals surface area (Å²) in [6, 6.07) is 24.9. The average molecular weight is 470 g/mol. The molecule has 34 heavy (non-hydrogen) atoms. The van der Waals surface area contributed by atoms with E-state index in [4.69, 9.17) is 0 Å². The van der Waals surface area contributed by atoms with E-state index in [0.717, 1.165) is 16.6 Å². The quantitative estimate of drug-likeness (QED) is 0.378. The number of hydrogen-bond donors (Lipinski definition) is 1. The van der Waals surface area contributed by atoms with Gasteiger partial charge in [-0.25, -0.2) is 12.4 Å². The molecule has 170 valence electrons. The van der Waals surface area contributed by atoms with Gasteiger partial charge in [0.2, 0.25) is 0 Å². The molecule has 5 rings (SSSR count).